The Kier molecular flexibility index (Phi) is 4.15. The largest absolute Gasteiger partial charge is 0.311 e. The molecule has 19 heavy (non-hydrogen) atoms. The smallest absolute Gasteiger partial charge is 0.0890 e. The van der Waals surface area contributed by atoms with Gasteiger partial charge in [0.25, 0.3) is 0 Å². The molecule has 3 heteroatoms. The number of benzene rings is 1. The van der Waals surface area contributed by atoms with Gasteiger partial charge in [-0.05, 0) is 30.0 Å². The summed E-state index contributed by atoms with van der Waals surface area (Å²) in [5.41, 5.74) is 3.25. The summed E-state index contributed by atoms with van der Waals surface area (Å²) in [6.07, 6.45) is 1.86. The third-order valence-corrected chi connectivity index (χ3v) is 3.73. The van der Waals surface area contributed by atoms with Crippen LogP contribution in [-0.4, -0.2) is 16.5 Å². The van der Waals surface area contributed by atoms with Gasteiger partial charge < -0.3 is 5.32 Å². The Morgan fingerprint density at radius 1 is 1.16 bits per heavy atom. The van der Waals surface area contributed by atoms with Gasteiger partial charge >= 0.3 is 0 Å². The van der Waals surface area contributed by atoms with Gasteiger partial charge in [0.05, 0.1) is 22.9 Å². The Morgan fingerprint density at radius 3 is 2.53 bits per heavy atom. The molecular weight excluding hydrogens is 234 g/mol. The third-order valence-electron chi connectivity index (χ3n) is 3.73. The summed E-state index contributed by atoms with van der Waals surface area (Å²) in [7, 11) is 0. The minimum Gasteiger partial charge on any atom is -0.311 e. The summed E-state index contributed by atoms with van der Waals surface area (Å²) in [5, 5.41) is 3.47. The van der Waals surface area contributed by atoms with E-state index < -0.39 is 0 Å². The van der Waals surface area contributed by atoms with E-state index >= 15 is 0 Å². The van der Waals surface area contributed by atoms with Gasteiger partial charge in [-0.2, -0.15) is 0 Å². The van der Waals surface area contributed by atoms with Gasteiger partial charge in [0, 0.05) is 6.54 Å². The zero-order valence-electron chi connectivity index (χ0n) is 12.3. The summed E-state index contributed by atoms with van der Waals surface area (Å²) in [5.74, 6) is 0.626. The Balaban J connectivity index is 1.95. The minimum absolute atomic E-state index is 0.335. The molecule has 1 atom stereocenters. The molecule has 1 heterocycles. The zero-order chi connectivity index (χ0) is 13.9. The highest BCUT2D eigenvalue weighted by Gasteiger charge is 2.19. The number of fused-ring (bicyclic) bond motifs is 1. The van der Waals surface area contributed by atoms with Crippen LogP contribution in [0.15, 0.2) is 30.5 Å². The van der Waals surface area contributed by atoms with E-state index in [0.29, 0.717) is 11.3 Å². The average Bonchev–Trinajstić information content (AvgIpc) is 2.37. The third kappa shape index (κ3) is 3.74. The Bertz CT molecular complexity index is 543. The maximum absolute atomic E-state index is 4.61. The quantitative estimate of drug-likeness (QED) is 0.912. The van der Waals surface area contributed by atoms with Crippen LogP contribution in [0.5, 0.6) is 0 Å². The standard InChI is InChI=1S/C16H23N3/c1-12(16(2,3)4)9-17-10-13-11-18-14-7-5-6-8-15(14)19-13/h5-8,11-12,17H,9-10H2,1-4H3. The molecule has 1 N–H and O–H groups in total. The minimum atomic E-state index is 0.335. The number of hydrogen-bond donors (Lipinski definition) is 1. The fraction of sp³-hybridized carbons (Fsp3) is 0.500. The zero-order valence-corrected chi connectivity index (χ0v) is 12.3. The second kappa shape index (κ2) is 5.66. The van der Waals surface area contributed by atoms with Crippen LogP contribution in [-0.2, 0) is 6.54 Å². The van der Waals surface area contributed by atoms with Gasteiger partial charge in [-0.1, -0.05) is 39.8 Å². The van der Waals surface area contributed by atoms with Gasteiger partial charge in [0.2, 0.25) is 0 Å². The fourth-order valence-corrected chi connectivity index (χ4v) is 1.80. The molecule has 1 unspecified atom stereocenters. The first-order valence-corrected chi connectivity index (χ1v) is 6.88. The monoisotopic (exact) mass is 257 g/mol. The first-order chi connectivity index (χ1) is 8.97. The molecule has 102 valence electrons. The van der Waals surface area contributed by atoms with E-state index in [4.69, 9.17) is 0 Å². The van der Waals surface area contributed by atoms with Crippen LogP contribution in [0.25, 0.3) is 11.0 Å². The van der Waals surface area contributed by atoms with Crippen LogP contribution in [0.2, 0.25) is 0 Å². The van der Waals surface area contributed by atoms with Crippen molar-refractivity contribution in [3.05, 3.63) is 36.2 Å². The lowest BCUT2D eigenvalue weighted by molar-refractivity contribution is 0.252. The van der Waals surface area contributed by atoms with Crippen LogP contribution < -0.4 is 5.32 Å². The molecule has 0 aliphatic carbocycles. The summed E-state index contributed by atoms with van der Waals surface area (Å²) in [4.78, 5) is 9.03. The van der Waals surface area contributed by atoms with Crippen molar-refractivity contribution in [1.29, 1.82) is 0 Å². The number of nitrogens with one attached hydrogen (secondary N) is 1. The highest BCUT2D eigenvalue weighted by molar-refractivity contribution is 5.73. The van der Waals surface area contributed by atoms with E-state index in [0.717, 1.165) is 29.8 Å². The molecule has 0 amide bonds. The molecule has 1 aromatic carbocycles. The molecule has 0 saturated heterocycles. The second-order valence-electron chi connectivity index (χ2n) is 6.25. The predicted octanol–water partition coefficient (Wildman–Crippen LogP) is 3.40. The number of rotatable bonds is 4. The molecule has 0 spiro atoms. The number of nitrogens with zero attached hydrogens (tertiary/aromatic N) is 2. The van der Waals surface area contributed by atoms with Crippen LogP contribution >= 0.6 is 0 Å². The topological polar surface area (TPSA) is 37.8 Å². The average molecular weight is 257 g/mol. The Morgan fingerprint density at radius 2 is 1.84 bits per heavy atom. The highest BCUT2D eigenvalue weighted by Crippen LogP contribution is 2.24. The van der Waals surface area contributed by atoms with E-state index in [9.17, 15) is 0 Å². The first kappa shape index (κ1) is 13.9. The van der Waals surface area contributed by atoms with Crippen LogP contribution in [0.1, 0.15) is 33.4 Å². The first-order valence-electron chi connectivity index (χ1n) is 6.88. The van der Waals surface area contributed by atoms with Crippen molar-refractivity contribution in [2.75, 3.05) is 6.54 Å². The van der Waals surface area contributed by atoms with Crippen LogP contribution in [0.4, 0.5) is 0 Å². The van der Waals surface area contributed by atoms with Crippen LogP contribution in [0.3, 0.4) is 0 Å². The van der Waals surface area contributed by atoms with Gasteiger partial charge in [-0.15, -0.1) is 0 Å². The maximum atomic E-state index is 4.61. The lowest BCUT2D eigenvalue weighted by Crippen LogP contribution is -2.29. The van der Waals surface area contributed by atoms with E-state index in [2.05, 4.69) is 43.0 Å². The number of aromatic nitrogens is 2. The van der Waals surface area contributed by atoms with Gasteiger partial charge in [0.15, 0.2) is 0 Å². The fourth-order valence-electron chi connectivity index (χ4n) is 1.80. The van der Waals surface area contributed by atoms with Gasteiger partial charge in [-0.3, -0.25) is 4.98 Å². The Labute approximate surface area is 115 Å². The summed E-state index contributed by atoms with van der Waals surface area (Å²) in [6.45, 7) is 10.9. The van der Waals surface area contributed by atoms with E-state index in [-0.39, 0.29) is 0 Å². The van der Waals surface area contributed by atoms with E-state index in [1.165, 1.54) is 0 Å². The van der Waals surface area contributed by atoms with E-state index in [1.807, 2.05) is 30.5 Å². The van der Waals surface area contributed by atoms with Crippen molar-refractivity contribution in [2.24, 2.45) is 11.3 Å². The molecule has 1 aromatic heterocycles. The molecule has 0 fully saturated rings. The number of para-hydroxylation sites is 2. The number of hydrogen-bond acceptors (Lipinski definition) is 3. The summed E-state index contributed by atoms with van der Waals surface area (Å²) >= 11 is 0. The van der Waals surface area contributed by atoms with Crippen molar-refractivity contribution in [1.82, 2.24) is 15.3 Å². The van der Waals surface area contributed by atoms with Gasteiger partial charge in [0.1, 0.15) is 0 Å². The molecule has 0 saturated carbocycles. The molecule has 2 rings (SSSR count). The molecular formula is C16H23N3. The van der Waals surface area contributed by atoms with Crippen molar-refractivity contribution in [3.8, 4) is 0 Å². The van der Waals surface area contributed by atoms with Crippen molar-refractivity contribution < 1.29 is 0 Å². The lowest BCUT2D eigenvalue weighted by Gasteiger charge is -2.27. The lowest BCUT2D eigenvalue weighted by atomic mass is 9.82. The summed E-state index contributed by atoms with van der Waals surface area (Å²) < 4.78 is 0. The van der Waals surface area contributed by atoms with Crippen LogP contribution in [0, 0.1) is 11.3 Å². The molecule has 2 aromatic rings. The molecule has 0 radical (unpaired) electrons. The highest BCUT2D eigenvalue weighted by atomic mass is 14.9. The Hall–Kier alpha value is -1.48. The van der Waals surface area contributed by atoms with Crippen molar-refractivity contribution in [2.45, 2.75) is 34.2 Å². The maximum Gasteiger partial charge on any atom is 0.0890 e. The van der Waals surface area contributed by atoms with Crippen molar-refractivity contribution >= 4 is 11.0 Å². The van der Waals surface area contributed by atoms with Gasteiger partial charge in [-0.25, -0.2) is 4.98 Å². The summed E-state index contributed by atoms with van der Waals surface area (Å²) in [6, 6.07) is 7.97. The predicted molar refractivity (Wildman–Crippen MR) is 79.9 cm³/mol. The normalized spacial score (nSPS) is 13.7. The SMILES string of the molecule is CC(CNCc1cnc2ccccc2n1)C(C)(C)C. The molecule has 3 nitrogen and oxygen atoms in total. The molecule has 0 aliphatic heterocycles. The molecule has 0 aliphatic rings. The molecule has 0 bridgehead atoms. The van der Waals surface area contributed by atoms with E-state index in [1.54, 1.807) is 0 Å². The second-order valence-corrected chi connectivity index (χ2v) is 6.25. The van der Waals surface area contributed by atoms with Crippen molar-refractivity contribution in [3.63, 3.8) is 0 Å².